The summed E-state index contributed by atoms with van der Waals surface area (Å²) in [5.41, 5.74) is 1.59. The molecule has 2 fully saturated rings. The molecule has 0 amide bonds. The van der Waals surface area contributed by atoms with Gasteiger partial charge in [0.15, 0.2) is 5.82 Å². The van der Waals surface area contributed by atoms with Gasteiger partial charge in [-0.3, -0.25) is 15.0 Å². The second kappa shape index (κ2) is 8.84. The maximum Gasteiger partial charge on any atom is 0.270 e. The van der Waals surface area contributed by atoms with Crippen LogP contribution in [0.3, 0.4) is 0 Å². The van der Waals surface area contributed by atoms with Crippen LogP contribution in [-0.2, 0) is 4.74 Å². The topological polar surface area (TPSA) is 84.6 Å². The van der Waals surface area contributed by atoms with Crippen molar-refractivity contribution in [3.05, 3.63) is 46.1 Å². The molecule has 0 bridgehead atoms. The molecule has 0 aliphatic carbocycles. The summed E-state index contributed by atoms with van der Waals surface area (Å²) in [6.07, 6.45) is 3.52. The molecule has 29 heavy (non-hydrogen) atoms. The van der Waals surface area contributed by atoms with Crippen LogP contribution in [0.5, 0.6) is 0 Å². The fourth-order valence-corrected chi connectivity index (χ4v) is 4.16. The number of rotatable bonds is 5. The average molecular weight is 397 g/mol. The van der Waals surface area contributed by atoms with Gasteiger partial charge in [-0.25, -0.2) is 9.97 Å². The number of non-ortho nitro benzene ring substituents is 1. The molecule has 1 aromatic heterocycles. The predicted octanol–water partition coefficient (Wildman–Crippen LogP) is 3.05. The van der Waals surface area contributed by atoms with Crippen molar-refractivity contribution >= 4 is 11.5 Å². The molecule has 8 heteroatoms. The van der Waals surface area contributed by atoms with Crippen LogP contribution >= 0.6 is 0 Å². The number of ether oxygens (including phenoxy) is 1. The number of anilines is 1. The van der Waals surface area contributed by atoms with Gasteiger partial charge < -0.3 is 9.64 Å². The zero-order valence-electron chi connectivity index (χ0n) is 16.8. The molecule has 0 spiro atoms. The predicted molar refractivity (Wildman–Crippen MR) is 111 cm³/mol. The molecule has 154 valence electrons. The monoisotopic (exact) mass is 397 g/mol. The highest BCUT2D eigenvalue weighted by molar-refractivity contribution is 5.61. The maximum atomic E-state index is 11.1. The Bertz CT molecular complexity index is 869. The van der Waals surface area contributed by atoms with Crippen molar-refractivity contribution in [2.24, 2.45) is 0 Å². The van der Waals surface area contributed by atoms with Crippen LogP contribution in [-0.4, -0.2) is 65.2 Å². The average Bonchev–Trinajstić information content (AvgIpc) is 2.74. The third-order valence-corrected chi connectivity index (χ3v) is 5.65. The van der Waals surface area contributed by atoms with E-state index in [0.29, 0.717) is 17.4 Å². The molecule has 3 heterocycles. The minimum atomic E-state index is -0.386. The molecule has 0 radical (unpaired) electrons. The lowest BCUT2D eigenvalue weighted by molar-refractivity contribution is -0.384. The molecule has 2 aliphatic rings. The van der Waals surface area contributed by atoms with Crippen LogP contribution in [0.1, 0.15) is 25.0 Å². The number of hydrogen-bond donors (Lipinski definition) is 0. The van der Waals surface area contributed by atoms with Gasteiger partial charge in [0.05, 0.1) is 18.1 Å². The Morgan fingerprint density at radius 1 is 1.17 bits per heavy atom. The number of nitro benzene ring substituents is 1. The Hall–Kier alpha value is -2.58. The number of hydrogen-bond acceptors (Lipinski definition) is 7. The molecular weight excluding hydrogens is 370 g/mol. The van der Waals surface area contributed by atoms with Crippen molar-refractivity contribution in [3.63, 3.8) is 0 Å². The van der Waals surface area contributed by atoms with Crippen LogP contribution in [0.2, 0.25) is 0 Å². The van der Waals surface area contributed by atoms with E-state index in [4.69, 9.17) is 9.72 Å². The molecule has 0 saturated carbocycles. The molecule has 4 rings (SSSR count). The summed E-state index contributed by atoms with van der Waals surface area (Å²) in [6, 6.07) is 8.98. The highest BCUT2D eigenvalue weighted by Crippen LogP contribution is 2.28. The zero-order chi connectivity index (χ0) is 20.2. The van der Waals surface area contributed by atoms with Crippen LogP contribution in [0, 0.1) is 17.0 Å². The van der Waals surface area contributed by atoms with Crippen molar-refractivity contribution in [1.82, 2.24) is 14.9 Å². The molecule has 2 aliphatic heterocycles. The number of nitrogens with zero attached hydrogens (tertiary/aromatic N) is 5. The zero-order valence-corrected chi connectivity index (χ0v) is 16.8. The number of morpholine rings is 1. The summed E-state index contributed by atoms with van der Waals surface area (Å²) in [6.45, 7) is 7.50. The number of nitro groups is 1. The minimum Gasteiger partial charge on any atom is -0.379 e. The van der Waals surface area contributed by atoms with Crippen molar-refractivity contribution in [3.8, 4) is 11.4 Å². The number of aryl methyl sites for hydroxylation is 1. The van der Waals surface area contributed by atoms with E-state index < -0.39 is 0 Å². The lowest BCUT2D eigenvalue weighted by atomic mass is 10.0. The Morgan fingerprint density at radius 3 is 2.79 bits per heavy atom. The lowest BCUT2D eigenvalue weighted by Gasteiger charge is -2.40. The van der Waals surface area contributed by atoms with Crippen LogP contribution in [0.15, 0.2) is 30.3 Å². The van der Waals surface area contributed by atoms with Crippen LogP contribution in [0.4, 0.5) is 11.5 Å². The first-order valence-electron chi connectivity index (χ1n) is 10.3. The smallest absolute Gasteiger partial charge is 0.270 e. The fourth-order valence-electron chi connectivity index (χ4n) is 4.16. The van der Waals surface area contributed by atoms with Crippen LogP contribution < -0.4 is 4.90 Å². The van der Waals surface area contributed by atoms with Gasteiger partial charge in [-0.15, -0.1) is 0 Å². The highest BCUT2D eigenvalue weighted by Gasteiger charge is 2.27. The molecule has 8 nitrogen and oxygen atoms in total. The van der Waals surface area contributed by atoms with Gasteiger partial charge in [-0.05, 0) is 26.2 Å². The second-order valence-electron chi connectivity index (χ2n) is 7.75. The SMILES string of the molecule is Cc1cc(N2CCCCC2CN2CCOCC2)nc(-c2cccc([N+](=O)[O-])c2)n1. The van der Waals surface area contributed by atoms with Gasteiger partial charge in [0.2, 0.25) is 0 Å². The summed E-state index contributed by atoms with van der Waals surface area (Å²) >= 11 is 0. The summed E-state index contributed by atoms with van der Waals surface area (Å²) in [7, 11) is 0. The molecule has 2 aromatic rings. The van der Waals surface area contributed by atoms with E-state index in [-0.39, 0.29) is 10.6 Å². The Morgan fingerprint density at radius 2 is 2.00 bits per heavy atom. The van der Waals surface area contributed by atoms with E-state index in [1.807, 2.05) is 19.1 Å². The van der Waals surface area contributed by atoms with Gasteiger partial charge in [-0.1, -0.05) is 12.1 Å². The van der Waals surface area contributed by atoms with Crippen molar-refractivity contribution in [1.29, 1.82) is 0 Å². The summed E-state index contributed by atoms with van der Waals surface area (Å²) in [4.78, 5) is 25.0. The molecule has 1 aromatic carbocycles. The van der Waals surface area contributed by atoms with Crippen molar-refractivity contribution in [2.75, 3.05) is 44.3 Å². The summed E-state index contributed by atoms with van der Waals surface area (Å²) < 4.78 is 5.48. The lowest BCUT2D eigenvalue weighted by Crippen LogP contribution is -2.49. The number of piperidine rings is 1. The molecule has 2 saturated heterocycles. The Balaban J connectivity index is 1.61. The first-order chi connectivity index (χ1) is 14.1. The summed E-state index contributed by atoms with van der Waals surface area (Å²) in [5, 5.41) is 11.1. The maximum absolute atomic E-state index is 11.1. The van der Waals surface area contributed by atoms with E-state index in [9.17, 15) is 10.1 Å². The number of aromatic nitrogens is 2. The Kier molecular flexibility index (Phi) is 6.01. The van der Waals surface area contributed by atoms with Gasteiger partial charge in [-0.2, -0.15) is 0 Å². The second-order valence-corrected chi connectivity index (χ2v) is 7.75. The standard InChI is InChI=1S/C21H27N5O3/c1-16-13-20(23-21(22-16)17-5-4-7-18(14-17)26(27)28)25-8-3-2-6-19(25)15-24-9-11-29-12-10-24/h4-5,7,13-14,19H,2-3,6,8-12,15H2,1H3. The van der Waals surface area contributed by atoms with E-state index >= 15 is 0 Å². The highest BCUT2D eigenvalue weighted by atomic mass is 16.6. The summed E-state index contributed by atoms with van der Waals surface area (Å²) in [5.74, 6) is 1.45. The first kappa shape index (κ1) is 19.7. The molecule has 1 atom stereocenters. The number of benzene rings is 1. The van der Waals surface area contributed by atoms with Gasteiger partial charge in [0.1, 0.15) is 5.82 Å². The van der Waals surface area contributed by atoms with Gasteiger partial charge in [0.25, 0.3) is 5.69 Å². The largest absolute Gasteiger partial charge is 0.379 e. The van der Waals surface area contributed by atoms with Crippen LogP contribution in [0.25, 0.3) is 11.4 Å². The molecular formula is C21H27N5O3. The normalized spacial score (nSPS) is 20.6. The van der Waals surface area contributed by atoms with E-state index in [1.165, 1.54) is 12.5 Å². The van der Waals surface area contributed by atoms with E-state index in [0.717, 1.165) is 63.7 Å². The molecule has 1 unspecified atom stereocenters. The van der Waals surface area contributed by atoms with Crippen molar-refractivity contribution < 1.29 is 9.66 Å². The van der Waals surface area contributed by atoms with Gasteiger partial charge >= 0.3 is 0 Å². The quantitative estimate of drug-likeness (QED) is 0.566. The van der Waals surface area contributed by atoms with E-state index in [2.05, 4.69) is 14.8 Å². The third-order valence-electron chi connectivity index (χ3n) is 5.65. The Labute approximate surface area is 170 Å². The molecule has 0 N–H and O–H groups in total. The van der Waals surface area contributed by atoms with Crippen molar-refractivity contribution in [2.45, 2.75) is 32.2 Å². The third kappa shape index (κ3) is 4.71. The first-order valence-corrected chi connectivity index (χ1v) is 10.3. The van der Waals surface area contributed by atoms with Gasteiger partial charge in [0, 0.05) is 61.7 Å². The fraction of sp³-hybridized carbons (Fsp3) is 0.524. The minimum absolute atomic E-state index is 0.0531. The van der Waals surface area contributed by atoms with E-state index in [1.54, 1.807) is 12.1 Å².